The minimum atomic E-state index is 0.505. The molecule has 0 saturated heterocycles. The summed E-state index contributed by atoms with van der Waals surface area (Å²) in [7, 11) is 0. The summed E-state index contributed by atoms with van der Waals surface area (Å²) in [6.45, 7) is 1.55. The fourth-order valence-corrected chi connectivity index (χ4v) is 4.78. The average molecular weight is 522 g/mol. The molecule has 3 aromatic carbocycles. The molecule has 6 nitrogen and oxygen atoms in total. The fourth-order valence-electron chi connectivity index (χ4n) is 4.78. The second-order valence-corrected chi connectivity index (χ2v) is 9.68. The maximum absolute atomic E-state index is 9.80. The molecule has 3 heterocycles. The first kappa shape index (κ1) is 25.1. The van der Waals surface area contributed by atoms with E-state index in [4.69, 9.17) is 4.42 Å². The van der Waals surface area contributed by atoms with Crippen molar-refractivity contribution in [2.45, 2.75) is 19.5 Å². The minimum Gasteiger partial charge on any atom is -0.472 e. The van der Waals surface area contributed by atoms with E-state index in [0.717, 1.165) is 58.5 Å². The first-order valence-electron chi connectivity index (χ1n) is 13.1. The molecule has 40 heavy (non-hydrogen) atoms. The second kappa shape index (κ2) is 11.6. The molecule has 0 unspecified atom stereocenters. The molecular weight excluding hydrogens is 494 g/mol. The maximum atomic E-state index is 9.80. The van der Waals surface area contributed by atoms with Gasteiger partial charge in [0.15, 0.2) is 0 Å². The maximum Gasteiger partial charge on any atom is 0.103 e. The summed E-state index contributed by atoms with van der Waals surface area (Å²) in [5.41, 5.74) is 9.94. The lowest BCUT2D eigenvalue weighted by molar-refractivity contribution is 0.564. The molecule has 0 spiro atoms. The van der Waals surface area contributed by atoms with Gasteiger partial charge in [0.25, 0.3) is 0 Å². The van der Waals surface area contributed by atoms with Gasteiger partial charge in [0.2, 0.25) is 0 Å². The van der Waals surface area contributed by atoms with E-state index in [2.05, 4.69) is 75.2 Å². The number of nitrogens with zero attached hydrogens (tertiary/aromatic N) is 3. The highest BCUT2D eigenvalue weighted by molar-refractivity contribution is 5.97. The topological polar surface area (TPSA) is 86.8 Å². The number of fused-ring (bicyclic) bond motifs is 1. The highest BCUT2D eigenvalue weighted by atomic mass is 16.3. The molecule has 6 heteroatoms. The molecule has 3 aromatic heterocycles. The van der Waals surface area contributed by atoms with Crippen molar-refractivity contribution in [1.82, 2.24) is 15.3 Å². The van der Waals surface area contributed by atoms with Crippen molar-refractivity contribution in [1.29, 1.82) is 5.26 Å². The molecule has 6 rings (SSSR count). The number of pyridine rings is 2. The number of furan rings is 1. The molecule has 0 aliphatic heterocycles. The zero-order valence-corrected chi connectivity index (χ0v) is 21.8. The van der Waals surface area contributed by atoms with Crippen molar-refractivity contribution in [3.05, 3.63) is 144 Å². The minimum absolute atomic E-state index is 0.505. The smallest absolute Gasteiger partial charge is 0.103 e. The number of rotatable bonds is 9. The fraction of sp³-hybridized carbons (Fsp3) is 0.0882. The van der Waals surface area contributed by atoms with E-state index < -0.39 is 0 Å². The van der Waals surface area contributed by atoms with Gasteiger partial charge in [0, 0.05) is 49.2 Å². The van der Waals surface area contributed by atoms with Crippen LogP contribution in [0.5, 0.6) is 0 Å². The average Bonchev–Trinajstić information content (AvgIpc) is 3.52. The lowest BCUT2D eigenvalue weighted by Gasteiger charge is -2.13. The predicted molar refractivity (Wildman–Crippen MR) is 158 cm³/mol. The lowest BCUT2D eigenvalue weighted by Crippen LogP contribution is -2.12. The van der Waals surface area contributed by atoms with Gasteiger partial charge in [-0.1, -0.05) is 42.5 Å². The lowest BCUT2D eigenvalue weighted by atomic mass is 10.00. The second-order valence-electron chi connectivity index (χ2n) is 9.68. The third-order valence-corrected chi connectivity index (χ3v) is 6.87. The summed E-state index contributed by atoms with van der Waals surface area (Å²) < 4.78 is 5.18. The summed E-state index contributed by atoms with van der Waals surface area (Å²) in [4.78, 5) is 8.69. The van der Waals surface area contributed by atoms with Crippen molar-refractivity contribution < 1.29 is 4.42 Å². The molecule has 0 aliphatic rings. The van der Waals surface area contributed by atoms with Crippen LogP contribution in [0.3, 0.4) is 0 Å². The molecule has 194 valence electrons. The van der Waals surface area contributed by atoms with Crippen LogP contribution in [0.4, 0.5) is 11.4 Å². The van der Waals surface area contributed by atoms with Gasteiger partial charge < -0.3 is 15.1 Å². The Hall–Kier alpha value is -5.25. The Kier molecular flexibility index (Phi) is 7.29. The third-order valence-electron chi connectivity index (χ3n) is 6.87. The first-order valence-corrected chi connectivity index (χ1v) is 13.1. The monoisotopic (exact) mass is 521 g/mol. The molecule has 0 bridgehead atoms. The molecule has 0 fully saturated rings. The van der Waals surface area contributed by atoms with E-state index in [9.17, 15) is 5.26 Å². The van der Waals surface area contributed by atoms with Crippen molar-refractivity contribution in [3.63, 3.8) is 0 Å². The van der Waals surface area contributed by atoms with Crippen molar-refractivity contribution in [2.75, 3.05) is 5.32 Å². The molecule has 0 radical (unpaired) electrons. The Morgan fingerprint density at radius 2 is 1.60 bits per heavy atom. The van der Waals surface area contributed by atoms with E-state index in [1.165, 1.54) is 16.7 Å². The van der Waals surface area contributed by atoms with E-state index in [1.807, 2.05) is 48.8 Å². The largest absolute Gasteiger partial charge is 0.472 e. The third kappa shape index (κ3) is 5.75. The SMILES string of the molecule is N#Cc1cnc2cc(-c3cccc(CNCc4ccncc4)c3)ccc2c1Nc1ccc(Cc2ccoc2)cc1. The van der Waals surface area contributed by atoms with Gasteiger partial charge in [-0.25, -0.2) is 0 Å². The number of aromatic nitrogens is 2. The van der Waals surface area contributed by atoms with Gasteiger partial charge >= 0.3 is 0 Å². The number of benzene rings is 3. The summed E-state index contributed by atoms with van der Waals surface area (Å²) in [6, 6.07) is 31.3. The van der Waals surface area contributed by atoms with Gasteiger partial charge in [-0.2, -0.15) is 5.26 Å². The summed E-state index contributed by atoms with van der Waals surface area (Å²) in [6.07, 6.45) is 9.52. The van der Waals surface area contributed by atoms with Crippen molar-refractivity contribution in [3.8, 4) is 17.2 Å². The highest BCUT2D eigenvalue weighted by Gasteiger charge is 2.11. The number of hydrogen-bond donors (Lipinski definition) is 2. The quantitative estimate of drug-likeness (QED) is 0.206. The van der Waals surface area contributed by atoms with Crippen LogP contribution in [-0.2, 0) is 19.5 Å². The molecule has 2 N–H and O–H groups in total. The molecule has 0 aliphatic carbocycles. The Bertz CT molecular complexity index is 1770. The number of hydrogen-bond acceptors (Lipinski definition) is 6. The van der Waals surface area contributed by atoms with Gasteiger partial charge in [0.05, 0.1) is 29.3 Å². The van der Waals surface area contributed by atoms with Crippen LogP contribution >= 0.6 is 0 Å². The first-order chi connectivity index (χ1) is 19.7. The van der Waals surface area contributed by atoms with Crippen LogP contribution < -0.4 is 10.6 Å². The normalized spacial score (nSPS) is 10.9. The number of anilines is 2. The Morgan fingerprint density at radius 1 is 0.775 bits per heavy atom. The van der Waals surface area contributed by atoms with Gasteiger partial charge in [-0.3, -0.25) is 9.97 Å². The van der Waals surface area contributed by atoms with Crippen LogP contribution in [0.25, 0.3) is 22.0 Å². The summed E-state index contributed by atoms with van der Waals surface area (Å²) >= 11 is 0. The summed E-state index contributed by atoms with van der Waals surface area (Å²) in [5.74, 6) is 0. The van der Waals surface area contributed by atoms with Gasteiger partial charge in [-0.15, -0.1) is 0 Å². The van der Waals surface area contributed by atoms with E-state index in [-0.39, 0.29) is 0 Å². The molecule has 6 aromatic rings. The van der Waals surface area contributed by atoms with E-state index >= 15 is 0 Å². The van der Waals surface area contributed by atoms with Crippen LogP contribution in [-0.4, -0.2) is 9.97 Å². The molecule has 0 amide bonds. The number of nitriles is 1. The van der Waals surface area contributed by atoms with Crippen LogP contribution in [0.1, 0.15) is 27.8 Å². The molecular formula is C34H27N5O. The van der Waals surface area contributed by atoms with Crippen molar-refractivity contribution >= 4 is 22.3 Å². The van der Waals surface area contributed by atoms with E-state index in [1.54, 1.807) is 18.7 Å². The van der Waals surface area contributed by atoms with Crippen LogP contribution in [0.15, 0.2) is 120 Å². The Labute approximate surface area is 233 Å². The van der Waals surface area contributed by atoms with Gasteiger partial charge in [0.1, 0.15) is 6.07 Å². The van der Waals surface area contributed by atoms with Crippen LogP contribution in [0, 0.1) is 11.3 Å². The number of nitrogens with one attached hydrogen (secondary N) is 2. The summed E-state index contributed by atoms with van der Waals surface area (Å²) in [5, 5.41) is 17.7. The molecule has 0 saturated carbocycles. The van der Waals surface area contributed by atoms with E-state index in [0.29, 0.717) is 5.56 Å². The zero-order valence-electron chi connectivity index (χ0n) is 21.8. The van der Waals surface area contributed by atoms with Crippen LogP contribution in [0.2, 0.25) is 0 Å². The highest BCUT2D eigenvalue weighted by Crippen LogP contribution is 2.32. The zero-order chi connectivity index (χ0) is 27.1. The Balaban J connectivity index is 1.21. The predicted octanol–water partition coefficient (Wildman–Crippen LogP) is 7.39. The molecule has 0 atom stereocenters. The Morgan fingerprint density at radius 3 is 2.40 bits per heavy atom. The standard InChI is InChI=1S/C34H27N5O/c35-19-30-22-38-33-18-29(28-3-1-2-26(17-28)21-37-20-25-10-13-36-14-11-25)6-9-32(33)34(30)39-31-7-4-24(5-8-31)16-27-12-15-40-23-27/h1-15,17-18,22-23,37H,16,20-21H2,(H,38,39). The van der Waals surface area contributed by atoms with Gasteiger partial charge in [-0.05, 0) is 75.8 Å². The van der Waals surface area contributed by atoms with Crippen molar-refractivity contribution in [2.24, 2.45) is 0 Å².